The van der Waals surface area contributed by atoms with Gasteiger partial charge < -0.3 is 15.2 Å². The van der Waals surface area contributed by atoms with E-state index < -0.39 is 5.60 Å². The molecule has 6 heteroatoms. The Morgan fingerprint density at radius 1 is 1.20 bits per heavy atom. The molecule has 1 heterocycles. The SMILES string of the molecule is CCCCC[C@]1(O)CCN(CC(=O)Nc2ccc(Cl)cc2)C[C@@H]1Oc1ccccc1. The van der Waals surface area contributed by atoms with Crippen LogP contribution in [0.4, 0.5) is 5.69 Å². The van der Waals surface area contributed by atoms with E-state index in [2.05, 4.69) is 12.2 Å². The predicted molar refractivity (Wildman–Crippen MR) is 121 cm³/mol. The quantitative estimate of drug-likeness (QED) is 0.564. The smallest absolute Gasteiger partial charge is 0.238 e. The molecular weight excluding hydrogens is 400 g/mol. The highest BCUT2D eigenvalue weighted by Crippen LogP contribution is 2.31. The van der Waals surface area contributed by atoms with E-state index >= 15 is 0 Å². The molecule has 1 aliphatic rings. The average Bonchev–Trinajstić information content (AvgIpc) is 2.73. The molecule has 2 N–H and O–H groups in total. The molecule has 2 aromatic carbocycles. The number of nitrogens with zero attached hydrogens (tertiary/aromatic N) is 1. The minimum absolute atomic E-state index is 0.0905. The van der Waals surface area contributed by atoms with E-state index in [1.54, 1.807) is 24.3 Å². The van der Waals surface area contributed by atoms with Crippen molar-refractivity contribution in [3.8, 4) is 5.75 Å². The molecule has 162 valence electrons. The number of anilines is 1. The zero-order valence-electron chi connectivity index (χ0n) is 17.5. The third kappa shape index (κ3) is 6.46. The van der Waals surface area contributed by atoms with Crippen LogP contribution >= 0.6 is 11.6 Å². The maximum Gasteiger partial charge on any atom is 0.238 e. The van der Waals surface area contributed by atoms with Crippen molar-refractivity contribution in [3.63, 3.8) is 0 Å². The third-order valence-corrected chi connectivity index (χ3v) is 5.87. The van der Waals surface area contributed by atoms with Gasteiger partial charge in [-0.1, -0.05) is 56.0 Å². The van der Waals surface area contributed by atoms with E-state index in [-0.39, 0.29) is 18.6 Å². The molecule has 1 aliphatic heterocycles. The van der Waals surface area contributed by atoms with E-state index in [1.165, 1.54) is 0 Å². The number of amides is 1. The molecule has 0 radical (unpaired) electrons. The lowest BCUT2D eigenvalue weighted by atomic mass is 9.83. The standard InChI is InChI=1S/C24H31ClN2O3/c1-2-3-7-14-24(29)15-16-27(17-22(24)30-21-8-5-4-6-9-21)18-23(28)26-20-12-10-19(25)11-13-20/h4-6,8-13,22,29H,2-3,7,14-18H2,1H3,(H,26,28)/t22-,24-/m0/s1. The lowest BCUT2D eigenvalue weighted by molar-refractivity contribution is -0.127. The molecule has 2 aromatic rings. The highest BCUT2D eigenvalue weighted by Gasteiger charge is 2.43. The topological polar surface area (TPSA) is 61.8 Å². The van der Waals surface area contributed by atoms with Crippen molar-refractivity contribution in [2.45, 2.75) is 50.7 Å². The number of piperidine rings is 1. The summed E-state index contributed by atoms with van der Waals surface area (Å²) in [4.78, 5) is 14.6. The highest BCUT2D eigenvalue weighted by molar-refractivity contribution is 6.30. The molecule has 0 bridgehead atoms. The van der Waals surface area contributed by atoms with Crippen molar-refractivity contribution in [2.24, 2.45) is 0 Å². The Morgan fingerprint density at radius 2 is 1.93 bits per heavy atom. The monoisotopic (exact) mass is 430 g/mol. The number of carbonyl (C=O) groups excluding carboxylic acids is 1. The molecule has 0 spiro atoms. The number of carbonyl (C=O) groups is 1. The van der Waals surface area contributed by atoms with E-state index in [9.17, 15) is 9.90 Å². The van der Waals surface area contributed by atoms with Gasteiger partial charge in [0.25, 0.3) is 0 Å². The van der Waals surface area contributed by atoms with Crippen LogP contribution in [0, 0.1) is 0 Å². The van der Waals surface area contributed by atoms with Crippen LogP contribution in [0.25, 0.3) is 0 Å². The fourth-order valence-corrected chi connectivity index (χ4v) is 3.99. The van der Waals surface area contributed by atoms with Crippen molar-refractivity contribution in [1.82, 2.24) is 4.90 Å². The van der Waals surface area contributed by atoms with Crippen LogP contribution in [-0.4, -0.2) is 47.3 Å². The zero-order chi connectivity index (χ0) is 21.4. The summed E-state index contributed by atoms with van der Waals surface area (Å²) in [6, 6.07) is 16.6. The van der Waals surface area contributed by atoms with Gasteiger partial charge in [0.15, 0.2) is 0 Å². The number of likely N-dealkylation sites (tertiary alicyclic amines) is 1. The van der Waals surface area contributed by atoms with Gasteiger partial charge in [-0.15, -0.1) is 0 Å². The van der Waals surface area contributed by atoms with Gasteiger partial charge >= 0.3 is 0 Å². The van der Waals surface area contributed by atoms with Crippen LogP contribution in [0.1, 0.15) is 39.0 Å². The highest BCUT2D eigenvalue weighted by atomic mass is 35.5. The van der Waals surface area contributed by atoms with Gasteiger partial charge in [0.05, 0.1) is 6.54 Å². The number of ether oxygens (including phenoxy) is 1. The summed E-state index contributed by atoms with van der Waals surface area (Å²) in [6.07, 6.45) is 4.09. The minimum Gasteiger partial charge on any atom is -0.486 e. The molecule has 1 saturated heterocycles. The number of para-hydroxylation sites is 1. The van der Waals surface area contributed by atoms with Crippen LogP contribution in [0.15, 0.2) is 54.6 Å². The maximum atomic E-state index is 12.5. The Labute approximate surface area is 184 Å². The largest absolute Gasteiger partial charge is 0.486 e. The summed E-state index contributed by atoms with van der Waals surface area (Å²) in [5.74, 6) is 0.649. The summed E-state index contributed by atoms with van der Waals surface area (Å²) >= 11 is 5.90. The van der Waals surface area contributed by atoms with Gasteiger partial charge in [0.1, 0.15) is 17.5 Å². The third-order valence-electron chi connectivity index (χ3n) is 5.61. The average molecular weight is 431 g/mol. The first kappa shape index (κ1) is 22.6. The number of rotatable bonds is 9. The summed E-state index contributed by atoms with van der Waals surface area (Å²) in [6.45, 7) is 3.57. The van der Waals surface area contributed by atoms with Gasteiger partial charge in [-0.25, -0.2) is 0 Å². The van der Waals surface area contributed by atoms with Crippen molar-refractivity contribution < 1.29 is 14.6 Å². The summed E-state index contributed by atoms with van der Waals surface area (Å²) < 4.78 is 6.21. The summed E-state index contributed by atoms with van der Waals surface area (Å²) in [7, 11) is 0. The molecule has 0 saturated carbocycles. The number of nitrogens with one attached hydrogen (secondary N) is 1. The van der Waals surface area contributed by atoms with Crippen LogP contribution in [-0.2, 0) is 4.79 Å². The Hall–Kier alpha value is -2.08. The number of benzene rings is 2. The summed E-state index contributed by atoms with van der Waals surface area (Å²) in [5.41, 5.74) is -0.164. The molecule has 1 fully saturated rings. The second-order valence-electron chi connectivity index (χ2n) is 8.02. The van der Waals surface area contributed by atoms with Crippen molar-refractivity contribution in [2.75, 3.05) is 25.0 Å². The number of hydrogen-bond acceptors (Lipinski definition) is 4. The van der Waals surface area contributed by atoms with Gasteiger partial charge in [-0.2, -0.15) is 0 Å². The van der Waals surface area contributed by atoms with E-state index in [1.807, 2.05) is 35.2 Å². The molecule has 3 rings (SSSR count). The first-order chi connectivity index (χ1) is 14.5. The van der Waals surface area contributed by atoms with Crippen molar-refractivity contribution >= 4 is 23.2 Å². The Bertz CT molecular complexity index is 800. The Morgan fingerprint density at radius 3 is 2.63 bits per heavy atom. The molecule has 0 unspecified atom stereocenters. The van der Waals surface area contributed by atoms with E-state index in [0.717, 1.165) is 30.7 Å². The van der Waals surface area contributed by atoms with Gasteiger partial charge in [-0.05, 0) is 49.2 Å². The first-order valence-electron chi connectivity index (χ1n) is 10.7. The van der Waals surface area contributed by atoms with E-state index in [0.29, 0.717) is 31.0 Å². The van der Waals surface area contributed by atoms with E-state index in [4.69, 9.17) is 16.3 Å². The van der Waals surface area contributed by atoms with Gasteiger partial charge in [0, 0.05) is 23.8 Å². The first-order valence-corrected chi connectivity index (χ1v) is 11.1. The molecule has 2 atom stereocenters. The minimum atomic E-state index is -0.881. The fourth-order valence-electron chi connectivity index (χ4n) is 3.87. The zero-order valence-corrected chi connectivity index (χ0v) is 18.3. The van der Waals surface area contributed by atoms with Gasteiger partial charge in [0.2, 0.25) is 5.91 Å². The number of hydrogen-bond donors (Lipinski definition) is 2. The molecule has 5 nitrogen and oxygen atoms in total. The van der Waals surface area contributed by atoms with Crippen LogP contribution in [0.2, 0.25) is 5.02 Å². The number of halogens is 1. The molecule has 30 heavy (non-hydrogen) atoms. The Kier molecular flexibility index (Phi) is 8.14. The van der Waals surface area contributed by atoms with Crippen molar-refractivity contribution in [3.05, 3.63) is 59.6 Å². The normalized spacial score (nSPS) is 21.9. The van der Waals surface area contributed by atoms with Crippen LogP contribution in [0.5, 0.6) is 5.75 Å². The molecular formula is C24H31ClN2O3. The lowest BCUT2D eigenvalue weighted by Gasteiger charge is -2.44. The number of unbranched alkanes of at least 4 members (excludes halogenated alkanes) is 2. The van der Waals surface area contributed by atoms with Crippen molar-refractivity contribution in [1.29, 1.82) is 0 Å². The fraction of sp³-hybridized carbons (Fsp3) is 0.458. The second kappa shape index (κ2) is 10.8. The molecule has 0 aliphatic carbocycles. The molecule has 1 amide bonds. The van der Waals surface area contributed by atoms with Crippen LogP contribution < -0.4 is 10.1 Å². The maximum absolute atomic E-state index is 12.5. The van der Waals surface area contributed by atoms with Gasteiger partial charge in [-0.3, -0.25) is 9.69 Å². The predicted octanol–water partition coefficient (Wildman–Crippen LogP) is 4.74. The number of aliphatic hydroxyl groups is 1. The van der Waals surface area contributed by atoms with Crippen LogP contribution in [0.3, 0.4) is 0 Å². The Balaban J connectivity index is 1.63. The molecule has 0 aromatic heterocycles. The summed E-state index contributed by atoms with van der Waals surface area (Å²) in [5, 5.41) is 14.9. The second-order valence-corrected chi connectivity index (χ2v) is 8.46. The lowest BCUT2D eigenvalue weighted by Crippen LogP contribution is -2.58.